The molecule has 2 N–H and O–H groups in total. The molecule has 0 aliphatic carbocycles. The van der Waals surface area contributed by atoms with E-state index in [4.69, 9.17) is 14.2 Å². The summed E-state index contributed by atoms with van der Waals surface area (Å²) in [7, 11) is 4.71. The van der Waals surface area contributed by atoms with Gasteiger partial charge >= 0.3 is 0 Å². The summed E-state index contributed by atoms with van der Waals surface area (Å²) in [5, 5.41) is 13.7. The maximum absolute atomic E-state index is 10.4. The topological polar surface area (TPSA) is 60.0 Å². The number of rotatable bonds is 5. The molecule has 0 aromatic heterocycles. The smallest absolute Gasteiger partial charge is 0.203 e. The Kier molecular flexibility index (Phi) is 4.50. The fraction of sp³-hybridized carbons (Fsp3) is 0.571. The van der Waals surface area contributed by atoms with Crippen molar-refractivity contribution in [1.82, 2.24) is 5.32 Å². The molecule has 0 bridgehead atoms. The molecule has 1 heterocycles. The third-order valence-electron chi connectivity index (χ3n) is 3.51. The third-order valence-corrected chi connectivity index (χ3v) is 3.51. The van der Waals surface area contributed by atoms with Gasteiger partial charge in [-0.15, -0.1) is 0 Å². The first-order valence-electron chi connectivity index (χ1n) is 6.42. The van der Waals surface area contributed by atoms with E-state index >= 15 is 0 Å². The molecular weight excluding hydrogens is 246 g/mol. The first kappa shape index (κ1) is 14.0. The van der Waals surface area contributed by atoms with Crippen LogP contribution >= 0.6 is 0 Å². The van der Waals surface area contributed by atoms with Gasteiger partial charge in [-0.2, -0.15) is 0 Å². The van der Waals surface area contributed by atoms with Crippen LogP contribution < -0.4 is 19.5 Å². The number of hydrogen-bond donors (Lipinski definition) is 2. The summed E-state index contributed by atoms with van der Waals surface area (Å²) in [6.07, 6.45) is 1.49. The Morgan fingerprint density at radius 2 is 1.79 bits per heavy atom. The highest BCUT2D eigenvalue weighted by Gasteiger charge is 2.26. The van der Waals surface area contributed by atoms with Crippen LogP contribution in [0.2, 0.25) is 0 Å². The Morgan fingerprint density at radius 1 is 1.16 bits per heavy atom. The Labute approximate surface area is 113 Å². The number of hydrogen-bond acceptors (Lipinski definition) is 5. The predicted molar refractivity (Wildman–Crippen MR) is 72.1 cm³/mol. The van der Waals surface area contributed by atoms with Gasteiger partial charge in [0.05, 0.1) is 27.4 Å². The quantitative estimate of drug-likeness (QED) is 0.846. The lowest BCUT2D eigenvalue weighted by molar-refractivity contribution is 0.136. The van der Waals surface area contributed by atoms with E-state index in [2.05, 4.69) is 5.32 Å². The van der Waals surface area contributed by atoms with E-state index in [1.165, 1.54) is 0 Å². The standard InChI is InChI=1S/C14H21NO4/c1-17-11-7-9(8-12(18-2)14(11)19-3)13(16)10-5-4-6-15-10/h7-8,10,13,15-16H,4-6H2,1-3H3. The molecule has 2 rings (SSSR count). The van der Waals surface area contributed by atoms with Crippen molar-refractivity contribution in [2.45, 2.75) is 25.0 Å². The molecule has 0 saturated carbocycles. The monoisotopic (exact) mass is 267 g/mol. The molecule has 0 amide bonds. The number of aliphatic hydroxyl groups excluding tert-OH is 1. The minimum atomic E-state index is -0.573. The van der Waals surface area contributed by atoms with Crippen LogP contribution in [0.3, 0.4) is 0 Å². The first-order chi connectivity index (χ1) is 9.21. The molecule has 1 aliphatic rings. The van der Waals surface area contributed by atoms with Gasteiger partial charge in [0.1, 0.15) is 0 Å². The Morgan fingerprint density at radius 3 is 2.21 bits per heavy atom. The van der Waals surface area contributed by atoms with Crippen LogP contribution in [-0.4, -0.2) is 39.0 Å². The lowest BCUT2D eigenvalue weighted by atomic mass is 10.00. The van der Waals surface area contributed by atoms with Crippen LogP contribution in [0.15, 0.2) is 12.1 Å². The first-order valence-corrected chi connectivity index (χ1v) is 6.42. The average Bonchev–Trinajstić information content (AvgIpc) is 2.98. The van der Waals surface area contributed by atoms with E-state index < -0.39 is 6.10 Å². The van der Waals surface area contributed by atoms with Crippen molar-refractivity contribution in [1.29, 1.82) is 0 Å². The maximum Gasteiger partial charge on any atom is 0.203 e. The van der Waals surface area contributed by atoms with E-state index in [0.717, 1.165) is 24.9 Å². The van der Waals surface area contributed by atoms with Crippen LogP contribution in [0.25, 0.3) is 0 Å². The normalized spacial score (nSPS) is 20.1. The number of methoxy groups -OCH3 is 3. The van der Waals surface area contributed by atoms with E-state index in [-0.39, 0.29) is 6.04 Å². The fourth-order valence-electron chi connectivity index (χ4n) is 2.49. The Balaban J connectivity index is 2.34. The number of aliphatic hydroxyl groups is 1. The van der Waals surface area contributed by atoms with E-state index in [1.54, 1.807) is 33.5 Å². The second-order valence-electron chi connectivity index (χ2n) is 4.61. The molecule has 1 aliphatic heterocycles. The molecule has 0 spiro atoms. The molecule has 5 heteroatoms. The molecule has 2 atom stereocenters. The molecule has 0 radical (unpaired) electrons. The van der Waals surface area contributed by atoms with Crippen molar-refractivity contribution in [3.8, 4) is 17.2 Å². The van der Waals surface area contributed by atoms with Crippen LogP contribution in [-0.2, 0) is 0 Å². The Hall–Kier alpha value is -1.46. The van der Waals surface area contributed by atoms with E-state index in [1.807, 2.05) is 0 Å². The molecule has 19 heavy (non-hydrogen) atoms. The largest absolute Gasteiger partial charge is 0.493 e. The molecule has 1 saturated heterocycles. The highest BCUT2D eigenvalue weighted by atomic mass is 16.5. The molecule has 1 fully saturated rings. The molecule has 106 valence electrons. The van der Waals surface area contributed by atoms with Crippen molar-refractivity contribution in [2.24, 2.45) is 0 Å². The minimum absolute atomic E-state index is 0.0859. The average molecular weight is 267 g/mol. The summed E-state index contributed by atoms with van der Waals surface area (Å²) in [5.74, 6) is 1.67. The van der Waals surface area contributed by atoms with Gasteiger partial charge in [-0.25, -0.2) is 0 Å². The van der Waals surface area contributed by atoms with Crippen LogP contribution in [0, 0.1) is 0 Å². The van der Waals surface area contributed by atoms with Gasteiger partial charge in [-0.3, -0.25) is 0 Å². The van der Waals surface area contributed by atoms with Gasteiger partial charge in [0.2, 0.25) is 5.75 Å². The minimum Gasteiger partial charge on any atom is -0.493 e. The van der Waals surface area contributed by atoms with Crippen molar-refractivity contribution < 1.29 is 19.3 Å². The maximum atomic E-state index is 10.4. The highest BCUT2D eigenvalue weighted by molar-refractivity contribution is 5.54. The lowest BCUT2D eigenvalue weighted by Gasteiger charge is -2.21. The number of ether oxygens (including phenoxy) is 3. The molecular formula is C14H21NO4. The van der Waals surface area contributed by atoms with Crippen molar-refractivity contribution in [3.63, 3.8) is 0 Å². The van der Waals surface area contributed by atoms with E-state index in [9.17, 15) is 5.11 Å². The summed E-state index contributed by atoms with van der Waals surface area (Å²) in [4.78, 5) is 0. The zero-order valence-electron chi connectivity index (χ0n) is 11.6. The second kappa shape index (κ2) is 6.12. The molecule has 1 aromatic rings. The highest BCUT2D eigenvalue weighted by Crippen LogP contribution is 2.40. The van der Waals surface area contributed by atoms with Crippen molar-refractivity contribution in [2.75, 3.05) is 27.9 Å². The number of benzene rings is 1. The van der Waals surface area contributed by atoms with Crippen LogP contribution in [0.4, 0.5) is 0 Å². The van der Waals surface area contributed by atoms with Gasteiger partial charge in [0, 0.05) is 6.04 Å². The van der Waals surface area contributed by atoms with Gasteiger partial charge in [-0.1, -0.05) is 0 Å². The van der Waals surface area contributed by atoms with Gasteiger partial charge in [-0.05, 0) is 37.1 Å². The SMILES string of the molecule is COc1cc(C(O)C2CCCN2)cc(OC)c1OC. The zero-order chi connectivity index (χ0) is 13.8. The second-order valence-corrected chi connectivity index (χ2v) is 4.61. The molecule has 1 aromatic carbocycles. The van der Waals surface area contributed by atoms with E-state index in [0.29, 0.717) is 17.2 Å². The van der Waals surface area contributed by atoms with Crippen LogP contribution in [0.1, 0.15) is 24.5 Å². The van der Waals surface area contributed by atoms with Crippen molar-refractivity contribution in [3.05, 3.63) is 17.7 Å². The Bertz CT molecular complexity index is 404. The summed E-state index contributed by atoms with van der Waals surface area (Å²) in [6, 6.07) is 3.68. The van der Waals surface area contributed by atoms with Gasteiger partial charge in [0.15, 0.2) is 11.5 Å². The van der Waals surface area contributed by atoms with Crippen molar-refractivity contribution >= 4 is 0 Å². The van der Waals surface area contributed by atoms with Crippen LogP contribution in [0.5, 0.6) is 17.2 Å². The van der Waals surface area contributed by atoms with Gasteiger partial charge in [0.25, 0.3) is 0 Å². The fourth-order valence-corrected chi connectivity index (χ4v) is 2.49. The summed E-state index contributed by atoms with van der Waals surface area (Å²) in [6.45, 7) is 0.951. The summed E-state index contributed by atoms with van der Waals surface area (Å²) < 4.78 is 15.9. The lowest BCUT2D eigenvalue weighted by Crippen LogP contribution is -2.28. The zero-order valence-corrected chi connectivity index (χ0v) is 11.6. The van der Waals surface area contributed by atoms with Gasteiger partial charge < -0.3 is 24.6 Å². The summed E-state index contributed by atoms with van der Waals surface area (Å²) >= 11 is 0. The molecule has 5 nitrogen and oxygen atoms in total. The number of nitrogens with one attached hydrogen (secondary N) is 1. The predicted octanol–water partition coefficient (Wildman–Crippen LogP) is 1.50. The molecule has 2 unspecified atom stereocenters. The summed E-state index contributed by atoms with van der Waals surface area (Å²) in [5.41, 5.74) is 0.772. The third kappa shape index (κ3) is 2.77.